The monoisotopic (exact) mass is 467 g/mol. The van der Waals surface area contributed by atoms with Gasteiger partial charge in [-0.2, -0.15) is 0 Å². The van der Waals surface area contributed by atoms with Crippen LogP contribution in [0.15, 0.2) is 40.9 Å². The number of hydrogen-bond donors (Lipinski definition) is 0. The summed E-state index contributed by atoms with van der Waals surface area (Å²) in [6.45, 7) is 1.36. The maximum Gasteiger partial charge on any atom is 0.374 e. The zero-order valence-corrected chi connectivity index (χ0v) is 18.8. The summed E-state index contributed by atoms with van der Waals surface area (Å²) in [5.74, 6) is 0.737. The molecule has 0 unspecified atom stereocenters. The number of halogens is 1. The number of fused-ring (bicyclic) bond motifs is 1. The molecule has 1 aliphatic heterocycles. The highest BCUT2D eigenvalue weighted by Gasteiger charge is 2.38. The number of anilines is 1. The van der Waals surface area contributed by atoms with E-state index in [0.717, 1.165) is 5.69 Å². The van der Waals surface area contributed by atoms with Crippen LogP contribution in [0.4, 0.5) is 10.3 Å². The summed E-state index contributed by atoms with van der Waals surface area (Å²) in [6.07, 6.45) is 1.68. The molecule has 1 fully saturated rings. The number of pyridine rings is 1. The third kappa shape index (κ3) is 3.63. The van der Waals surface area contributed by atoms with Gasteiger partial charge in [0.1, 0.15) is 18.0 Å². The highest BCUT2D eigenvalue weighted by atomic mass is 19.1. The number of aromatic nitrogens is 4. The number of benzene rings is 1. The second-order valence-electron chi connectivity index (χ2n) is 7.82. The molecule has 0 atom stereocenters. The number of furan rings is 1. The van der Waals surface area contributed by atoms with E-state index >= 15 is 0 Å². The van der Waals surface area contributed by atoms with Crippen molar-refractivity contribution in [3.05, 3.63) is 59.5 Å². The van der Waals surface area contributed by atoms with Gasteiger partial charge in [0.2, 0.25) is 17.6 Å². The van der Waals surface area contributed by atoms with Crippen molar-refractivity contribution in [3.63, 3.8) is 0 Å². The van der Waals surface area contributed by atoms with Gasteiger partial charge in [0, 0.05) is 49.2 Å². The minimum atomic E-state index is -0.597. The first-order valence-corrected chi connectivity index (χ1v) is 10.5. The summed E-state index contributed by atoms with van der Waals surface area (Å²) in [6, 6.07) is 7.87. The lowest BCUT2D eigenvalue weighted by molar-refractivity contribution is 0.0564. The van der Waals surface area contributed by atoms with Crippen LogP contribution in [0.25, 0.3) is 16.7 Å². The van der Waals surface area contributed by atoms with E-state index in [4.69, 9.17) is 18.6 Å². The molecule has 0 radical (unpaired) electrons. The molecule has 1 aromatic carbocycles. The molecular formula is C23H22FN5O5. The van der Waals surface area contributed by atoms with E-state index in [1.165, 1.54) is 19.2 Å². The predicted octanol–water partition coefficient (Wildman–Crippen LogP) is 3.09. The van der Waals surface area contributed by atoms with Crippen molar-refractivity contribution >= 4 is 22.9 Å². The van der Waals surface area contributed by atoms with E-state index in [0.29, 0.717) is 47.3 Å². The Labute approximate surface area is 193 Å². The molecule has 1 saturated heterocycles. The first kappa shape index (κ1) is 21.8. The molecule has 34 heavy (non-hydrogen) atoms. The van der Waals surface area contributed by atoms with Crippen LogP contribution in [-0.4, -0.2) is 60.1 Å². The number of hydrogen-bond acceptors (Lipinski definition) is 9. The molecule has 0 N–H and O–H groups in total. The molecule has 3 aromatic heterocycles. The van der Waals surface area contributed by atoms with Gasteiger partial charge in [-0.1, -0.05) is 0 Å². The van der Waals surface area contributed by atoms with E-state index in [-0.39, 0.29) is 18.3 Å². The molecule has 0 aliphatic carbocycles. The van der Waals surface area contributed by atoms with Crippen molar-refractivity contribution in [1.82, 2.24) is 19.7 Å². The Morgan fingerprint density at radius 3 is 2.68 bits per heavy atom. The minimum Gasteiger partial charge on any atom is -0.481 e. The van der Waals surface area contributed by atoms with Crippen LogP contribution in [0.1, 0.15) is 27.9 Å². The molecule has 4 aromatic rings. The van der Waals surface area contributed by atoms with E-state index in [2.05, 4.69) is 15.2 Å². The Hall–Kier alpha value is -3.99. The number of ether oxygens (including phenoxy) is 3. The molecule has 10 nitrogen and oxygen atoms in total. The number of rotatable bonds is 7. The predicted molar refractivity (Wildman–Crippen MR) is 119 cm³/mol. The molecule has 4 heterocycles. The van der Waals surface area contributed by atoms with Crippen LogP contribution in [0, 0.1) is 5.82 Å². The molecule has 5 rings (SSSR count). The van der Waals surface area contributed by atoms with Crippen molar-refractivity contribution in [2.24, 2.45) is 0 Å². The standard InChI is InChI=1S/C23H22FN5O5/c1-31-12-18-26-27-23(29(18)15-5-7-19(32-2)25-9-15)28-10-13(11-28)20-16-6-4-14(24)8-17(16)34-21(20)22(30)33-3/h4-9,13H,10-12H2,1-3H3. The van der Waals surface area contributed by atoms with Gasteiger partial charge in [0.15, 0.2) is 5.82 Å². The molecule has 0 bridgehead atoms. The average molecular weight is 467 g/mol. The Morgan fingerprint density at radius 1 is 1.18 bits per heavy atom. The van der Waals surface area contributed by atoms with Crippen molar-refractivity contribution in [1.29, 1.82) is 0 Å². The highest BCUT2D eigenvalue weighted by Crippen LogP contribution is 2.39. The first-order chi connectivity index (χ1) is 16.5. The zero-order chi connectivity index (χ0) is 23.8. The Kier molecular flexibility index (Phi) is 5.62. The molecule has 1 aliphatic rings. The summed E-state index contributed by atoms with van der Waals surface area (Å²) in [5, 5.41) is 9.35. The summed E-state index contributed by atoms with van der Waals surface area (Å²) in [5.41, 5.74) is 1.77. The largest absolute Gasteiger partial charge is 0.481 e. The molecule has 176 valence electrons. The Morgan fingerprint density at radius 2 is 2.00 bits per heavy atom. The zero-order valence-electron chi connectivity index (χ0n) is 18.8. The van der Waals surface area contributed by atoms with E-state index in [1.807, 2.05) is 15.5 Å². The van der Waals surface area contributed by atoms with E-state index in [1.54, 1.807) is 32.5 Å². The smallest absolute Gasteiger partial charge is 0.374 e. The maximum absolute atomic E-state index is 13.7. The third-order valence-electron chi connectivity index (χ3n) is 5.81. The second kappa shape index (κ2) is 8.75. The third-order valence-corrected chi connectivity index (χ3v) is 5.81. The average Bonchev–Trinajstić information content (AvgIpc) is 3.39. The van der Waals surface area contributed by atoms with Crippen LogP contribution in [0.2, 0.25) is 0 Å². The fourth-order valence-corrected chi connectivity index (χ4v) is 4.19. The quantitative estimate of drug-likeness (QED) is 0.379. The molecule has 0 saturated carbocycles. The van der Waals surface area contributed by atoms with Crippen LogP contribution in [-0.2, 0) is 16.1 Å². The molecule has 0 spiro atoms. The van der Waals surface area contributed by atoms with Crippen LogP contribution >= 0.6 is 0 Å². The highest BCUT2D eigenvalue weighted by molar-refractivity contribution is 5.96. The van der Waals surface area contributed by atoms with Crippen LogP contribution < -0.4 is 9.64 Å². The number of esters is 1. The molecular weight excluding hydrogens is 445 g/mol. The van der Waals surface area contributed by atoms with Crippen molar-refractivity contribution in [2.75, 3.05) is 39.3 Å². The van der Waals surface area contributed by atoms with Gasteiger partial charge in [-0.25, -0.2) is 14.2 Å². The minimum absolute atomic E-state index is 0.0502. The lowest BCUT2D eigenvalue weighted by Gasteiger charge is -2.39. The second-order valence-corrected chi connectivity index (χ2v) is 7.82. The van der Waals surface area contributed by atoms with Crippen LogP contribution in [0.5, 0.6) is 5.88 Å². The summed E-state index contributed by atoms with van der Waals surface area (Å²) in [7, 11) is 4.43. The van der Waals surface area contributed by atoms with Crippen molar-refractivity contribution in [2.45, 2.75) is 12.5 Å². The fraction of sp³-hybridized carbons (Fsp3) is 0.304. The van der Waals surface area contributed by atoms with Gasteiger partial charge in [-0.15, -0.1) is 10.2 Å². The SMILES string of the molecule is COCc1nnc(N2CC(c3c(C(=O)OC)oc4cc(F)ccc34)C2)n1-c1ccc(OC)nc1. The fourth-order valence-electron chi connectivity index (χ4n) is 4.19. The van der Waals surface area contributed by atoms with Crippen LogP contribution in [0.3, 0.4) is 0 Å². The number of carbonyl (C=O) groups is 1. The number of nitrogens with zero attached hydrogens (tertiary/aromatic N) is 5. The van der Waals surface area contributed by atoms with Gasteiger partial charge in [0.25, 0.3) is 0 Å². The summed E-state index contributed by atoms with van der Waals surface area (Å²) < 4.78 is 36.6. The van der Waals surface area contributed by atoms with Crippen molar-refractivity contribution < 1.29 is 27.8 Å². The maximum atomic E-state index is 13.7. The molecule has 11 heteroatoms. The van der Waals surface area contributed by atoms with Gasteiger partial charge < -0.3 is 23.5 Å². The van der Waals surface area contributed by atoms with E-state index in [9.17, 15) is 9.18 Å². The van der Waals surface area contributed by atoms with Crippen molar-refractivity contribution in [3.8, 4) is 11.6 Å². The molecule has 0 amide bonds. The number of carbonyl (C=O) groups excluding carboxylic acids is 1. The Balaban J connectivity index is 1.48. The normalized spacial score (nSPS) is 13.8. The summed E-state index contributed by atoms with van der Waals surface area (Å²) in [4.78, 5) is 18.7. The topological polar surface area (TPSA) is 105 Å². The lowest BCUT2D eigenvalue weighted by atomic mass is 9.89. The number of methoxy groups -OCH3 is 3. The van der Waals surface area contributed by atoms with E-state index < -0.39 is 11.8 Å². The van der Waals surface area contributed by atoms with Gasteiger partial charge in [-0.3, -0.25) is 4.57 Å². The Bertz CT molecular complexity index is 1340. The first-order valence-electron chi connectivity index (χ1n) is 10.5. The summed E-state index contributed by atoms with van der Waals surface area (Å²) >= 11 is 0. The van der Waals surface area contributed by atoms with Gasteiger partial charge >= 0.3 is 5.97 Å². The van der Waals surface area contributed by atoms with Gasteiger partial charge in [0.05, 0.1) is 26.1 Å². The lowest BCUT2D eigenvalue weighted by Crippen LogP contribution is -2.46. The van der Waals surface area contributed by atoms with Gasteiger partial charge in [-0.05, 0) is 18.2 Å².